The Bertz CT molecular complexity index is 498. The van der Waals surface area contributed by atoms with Crippen LogP contribution in [0.1, 0.15) is 25.3 Å². The summed E-state index contributed by atoms with van der Waals surface area (Å²) in [6, 6.07) is -0.511. The molecule has 0 spiro atoms. The molecule has 2 unspecified atom stereocenters. The second kappa shape index (κ2) is 5.53. The van der Waals surface area contributed by atoms with Gasteiger partial charge in [-0.25, -0.2) is 0 Å². The van der Waals surface area contributed by atoms with Gasteiger partial charge >= 0.3 is 6.18 Å². The lowest BCUT2D eigenvalue weighted by Gasteiger charge is -2.33. The predicted octanol–water partition coefficient (Wildman–Crippen LogP) is 1.20. The molecule has 21 heavy (non-hydrogen) atoms. The Morgan fingerprint density at radius 2 is 2.05 bits per heavy atom. The van der Waals surface area contributed by atoms with Gasteiger partial charge in [0.15, 0.2) is 5.96 Å². The molecule has 2 atom stereocenters. The summed E-state index contributed by atoms with van der Waals surface area (Å²) in [5.74, 6) is 0.570. The number of aromatic nitrogens is 3. The quantitative estimate of drug-likeness (QED) is 0.892. The molecule has 2 aliphatic rings. The van der Waals surface area contributed by atoms with Crippen LogP contribution in [0, 0.1) is 0 Å². The molecule has 6 nitrogen and oxygen atoms in total. The first-order valence-electron chi connectivity index (χ1n) is 7.00. The summed E-state index contributed by atoms with van der Waals surface area (Å²) < 4.78 is 37.2. The number of nitrogens with one attached hydrogen (secondary N) is 1. The SMILES string of the molecule is FC(F)(F)CC1CN=C(N2CCCC(n3nccn3)C2)N1. The fourth-order valence-electron chi connectivity index (χ4n) is 2.81. The fourth-order valence-corrected chi connectivity index (χ4v) is 2.81. The number of hydrogen-bond donors (Lipinski definition) is 1. The van der Waals surface area contributed by atoms with E-state index in [9.17, 15) is 13.2 Å². The van der Waals surface area contributed by atoms with E-state index in [0.29, 0.717) is 12.5 Å². The minimum atomic E-state index is -4.16. The van der Waals surface area contributed by atoms with E-state index in [1.807, 2.05) is 4.90 Å². The van der Waals surface area contributed by atoms with E-state index in [1.165, 1.54) is 0 Å². The third-order valence-electron chi connectivity index (χ3n) is 3.73. The third kappa shape index (κ3) is 3.45. The predicted molar refractivity (Wildman–Crippen MR) is 69.8 cm³/mol. The second-order valence-corrected chi connectivity index (χ2v) is 5.42. The average molecular weight is 302 g/mol. The van der Waals surface area contributed by atoms with Crippen molar-refractivity contribution < 1.29 is 13.2 Å². The first-order valence-corrected chi connectivity index (χ1v) is 7.00. The van der Waals surface area contributed by atoms with Crippen molar-refractivity contribution in [3.8, 4) is 0 Å². The van der Waals surface area contributed by atoms with Crippen molar-refractivity contribution in [1.82, 2.24) is 25.2 Å². The van der Waals surface area contributed by atoms with Gasteiger partial charge in [-0.05, 0) is 12.8 Å². The molecule has 3 heterocycles. The number of aliphatic imine (C=N–C) groups is 1. The van der Waals surface area contributed by atoms with Crippen LogP contribution < -0.4 is 5.32 Å². The van der Waals surface area contributed by atoms with Crippen molar-refractivity contribution in [2.24, 2.45) is 4.99 Å². The fraction of sp³-hybridized carbons (Fsp3) is 0.750. The van der Waals surface area contributed by atoms with Crippen LogP contribution in [-0.2, 0) is 0 Å². The van der Waals surface area contributed by atoms with Crippen LogP contribution >= 0.6 is 0 Å². The van der Waals surface area contributed by atoms with Gasteiger partial charge < -0.3 is 10.2 Å². The van der Waals surface area contributed by atoms with Crippen LogP contribution in [0.15, 0.2) is 17.4 Å². The first-order chi connectivity index (χ1) is 10.0. The number of alkyl halides is 3. The molecular formula is C12H17F3N6. The summed E-state index contributed by atoms with van der Waals surface area (Å²) >= 11 is 0. The summed E-state index contributed by atoms with van der Waals surface area (Å²) in [7, 11) is 0. The summed E-state index contributed by atoms with van der Waals surface area (Å²) in [6.45, 7) is 1.64. The molecule has 0 aromatic carbocycles. The number of halogens is 3. The number of guanidine groups is 1. The van der Waals surface area contributed by atoms with Gasteiger partial charge in [-0.1, -0.05) is 0 Å². The monoisotopic (exact) mass is 302 g/mol. The topological polar surface area (TPSA) is 58.3 Å². The summed E-state index contributed by atoms with van der Waals surface area (Å²) in [6.07, 6.45) is 0.151. The maximum Gasteiger partial charge on any atom is 0.391 e. The molecule has 1 fully saturated rings. The van der Waals surface area contributed by atoms with Gasteiger partial charge in [0.25, 0.3) is 0 Å². The van der Waals surface area contributed by atoms with Gasteiger partial charge in [0.1, 0.15) is 0 Å². The molecule has 1 aromatic rings. The molecule has 2 aliphatic heterocycles. The Morgan fingerprint density at radius 1 is 1.29 bits per heavy atom. The smallest absolute Gasteiger partial charge is 0.351 e. The van der Waals surface area contributed by atoms with Crippen molar-refractivity contribution in [1.29, 1.82) is 0 Å². The van der Waals surface area contributed by atoms with Gasteiger partial charge in [-0.3, -0.25) is 4.99 Å². The lowest BCUT2D eigenvalue weighted by molar-refractivity contribution is -0.138. The van der Waals surface area contributed by atoms with E-state index in [4.69, 9.17) is 0 Å². The number of hydrogen-bond acceptors (Lipinski definition) is 5. The highest BCUT2D eigenvalue weighted by atomic mass is 19.4. The van der Waals surface area contributed by atoms with Crippen molar-refractivity contribution in [2.45, 2.75) is 37.5 Å². The van der Waals surface area contributed by atoms with E-state index < -0.39 is 18.6 Å². The standard InChI is InChI=1S/C12H17F3N6/c13-12(14,15)6-9-7-16-11(19-9)20-5-1-2-10(8-20)21-17-3-4-18-21/h3-4,9-10H,1-2,5-8H2,(H,16,19). The summed E-state index contributed by atoms with van der Waals surface area (Å²) in [5.41, 5.74) is 0. The number of nitrogens with zero attached hydrogens (tertiary/aromatic N) is 5. The molecule has 116 valence electrons. The Kier molecular flexibility index (Phi) is 3.73. The van der Waals surface area contributed by atoms with Crippen LogP contribution in [0.2, 0.25) is 0 Å². The first kappa shape index (κ1) is 14.2. The number of piperidine rings is 1. The largest absolute Gasteiger partial charge is 0.391 e. The molecule has 0 amide bonds. The van der Waals surface area contributed by atoms with E-state index in [2.05, 4.69) is 20.5 Å². The maximum absolute atomic E-state index is 12.4. The average Bonchev–Trinajstić information content (AvgIpc) is 3.08. The zero-order chi connectivity index (χ0) is 14.9. The third-order valence-corrected chi connectivity index (χ3v) is 3.73. The van der Waals surface area contributed by atoms with E-state index in [-0.39, 0.29) is 12.6 Å². The Hall–Kier alpha value is -1.80. The van der Waals surface area contributed by atoms with Crippen molar-refractivity contribution >= 4 is 5.96 Å². The molecular weight excluding hydrogens is 285 g/mol. The second-order valence-electron chi connectivity index (χ2n) is 5.42. The lowest BCUT2D eigenvalue weighted by atomic mass is 10.1. The number of rotatable bonds is 2. The van der Waals surface area contributed by atoms with Crippen LogP contribution in [0.4, 0.5) is 13.2 Å². The van der Waals surface area contributed by atoms with Gasteiger partial charge in [0.05, 0.1) is 37.4 Å². The Morgan fingerprint density at radius 3 is 2.76 bits per heavy atom. The minimum absolute atomic E-state index is 0.139. The van der Waals surface area contributed by atoms with Crippen LogP contribution in [0.5, 0.6) is 0 Å². The molecule has 1 aromatic heterocycles. The van der Waals surface area contributed by atoms with Crippen molar-refractivity contribution in [2.75, 3.05) is 19.6 Å². The highest BCUT2D eigenvalue weighted by Crippen LogP contribution is 2.24. The van der Waals surface area contributed by atoms with Crippen molar-refractivity contribution in [3.05, 3.63) is 12.4 Å². The van der Waals surface area contributed by atoms with Crippen LogP contribution in [0.3, 0.4) is 0 Å². The van der Waals surface area contributed by atoms with E-state index in [0.717, 1.165) is 19.4 Å². The molecule has 3 rings (SSSR count). The van der Waals surface area contributed by atoms with Gasteiger partial charge in [-0.2, -0.15) is 28.2 Å². The lowest BCUT2D eigenvalue weighted by Crippen LogP contribution is -2.48. The molecule has 1 N–H and O–H groups in total. The highest BCUT2D eigenvalue weighted by molar-refractivity contribution is 5.82. The van der Waals surface area contributed by atoms with Gasteiger partial charge in [0.2, 0.25) is 0 Å². The molecule has 0 bridgehead atoms. The van der Waals surface area contributed by atoms with Crippen LogP contribution in [-0.4, -0.2) is 57.7 Å². The Labute approximate surface area is 120 Å². The van der Waals surface area contributed by atoms with E-state index >= 15 is 0 Å². The zero-order valence-corrected chi connectivity index (χ0v) is 11.4. The van der Waals surface area contributed by atoms with Crippen molar-refractivity contribution in [3.63, 3.8) is 0 Å². The molecule has 9 heteroatoms. The molecule has 0 radical (unpaired) electrons. The number of likely N-dealkylation sites (tertiary alicyclic amines) is 1. The normalized spacial score (nSPS) is 26.6. The van der Waals surface area contributed by atoms with E-state index in [1.54, 1.807) is 17.2 Å². The Balaban J connectivity index is 1.58. The highest BCUT2D eigenvalue weighted by Gasteiger charge is 2.35. The molecule has 1 saturated heterocycles. The maximum atomic E-state index is 12.4. The minimum Gasteiger partial charge on any atom is -0.351 e. The van der Waals surface area contributed by atoms with Gasteiger partial charge in [-0.15, -0.1) is 0 Å². The molecule has 0 aliphatic carbocycles. The van der Waals surface area contributed by atoms with Gasteiger partial charge in [0, 0.05) is 13.1 Å². The zero-order valence-electron chi connectivity index (χ0n) is 11.4. The summed E-state index contributed by atoms with van der Waals surface area (Å²) in [5, 5.41) is 11.2. The molecule has 0 saturated carbocycles. The van der Waals surface area contributed by atoms with Crippen LogP contribution in [0.25, 0.3) is 0 Å². The summed E-state index contributed by atoms with van der Waals surface area (Å²) in [4.78, 5) is 7.88.